The zero-order valence-corrected chi connectivity index (χ0v) is 16.8. The Labute approximate surface area is 162 Å². The molecule has 2 aromatic carbocycles. The van der Waals surface area contributed by atoms with Crippen LogP contribution in [0, 0.1) is 0 Å². The lowest BCUT2D eigenvalue weighted by molar-refractivity contribution is -0.124. The highest BCUT2D eigenvalue weighted by molar-refractivity contribution is 7.56. The van der Waals surface area contributed by atoms with Gasteiger partial charge in [-0.05, 0) is 31.0 Å². The van der Waals surface area contributed by atoms with E-state index in [1.54, 1.807) is 11.3 Å². The lowest BCUT2D eigenvalue weighted by Crippen LogP contribution is -2.23. The maximum atomic E-state index is 13.3. The molecule has 27 heavy (non-hydrogen) atoms. The molecular formula is C20H21N2O3PS. The summed E-state index contributed by atoms with van der Waals surface area (Å²) in [6.07, 6.45) is 1.44. The minimum Gasteiger partial charge on any atom is -0.313 e. The number of fused-ring (bicyclic) bond motifs is 1. The molecule has 1 unspecified atom stereocenters. The molecule has 0 radical (unpaired) electrons. The van der Waals surface area contributed by atoms with E-state index >= 15 is 0 Å². The second kappa shape index (κ2) is 7.55. The molecule has 0 aliphatic carbocycles. The quantitative estimate of drug-likeness (QED) is 0.526. The topological polar surface area (TPSA) is 59.5 Å². The minimum atomic E-state index is -3.18. The highest BCUT2D eigenvalue weighted by Gasteiger charge is 2.38. The molecule has 140 valence electrons. The number of rotatable bonds is 6. The number of aromatic nitrogens is 1. The molecule has 0 saturated carbocycles. The third kappa shape index (κ3) is 3.70. The highest BCUT2D eigenvalue weighted by Crippen LogP contribution is 2.55. The van der Waals surface area contributed by atoms with Gasteiger partial charge in [-0.25, -0.2) is 4.98 Å². The molecular weight excluding hydrogens is 379 g/mol. The number of nitrogens with zero attached hydrogens (tertiary/aromatic N) is 2. The average molecular weight is 400 g/mol. The molecule has 3 aromatic rings. The van der Waals surface area contributed by atoms with Crippen molar-refractivity contribution in [2.45, 2.75) is 25.9 Å². The van der Waals surface area contributed by atoms with Gasteiger partial charge in [0.25, 0.3) is 0 Å². The first kappa shape index (κ1) is 18.4. The predicted octanol–water partition coefficient (Wildman–Crippen LogP) is 5.32. The number of thiazole rings is 1. The van der Waals surface area contributed by atoms with Gasteiger partial charge in [-0.15, -0.1) is 11.3 Å². The van der Waals surface area contributed by atoms with E-state index in [2.05, 4.69) is 11.1 Å². The van der Waals surface area contributed by atoms with Crippen molar-refractivity contribution >= 4 is 35.0 Å². The first-order valence-corrected chi connectivity index (χ1v) is 11.7. The van der Waals surface area contributed by atoms with Gasteiger partial charge in [-0.3, -0.25) is 14.0 Å². The lowest BCUT2D eigenvalue weighted by atomic mass is 10.2. The molecule has 1 aliphatic rings. The van der Waals surface area contributed by atoms with E-state index in [9.17, 15) is 9.36 Å². The molecule has 0 spiro atoms. The van der Waals surface area contributed by atoms with E-state index in [1.165, 1.54) is 4.67 Å². The number of carbonyl (C=O) groups excluding carboxylic acids is 1. The van der Waals surface area contributed by atoms with E-state index in [1.807, 2.05) is 49.4 Å². The van der Waals surface area contributed by atoms with Crippen molar-refractivity contribution in [3.05, 3.63) is 54.1 Å². The minimum absolute atomic E-state index is 0.0714. The zero-order chi connectivity index (χ0) is 18.9. The first-order valence-electron chi connectivity index (χ1n) is 9.08. The maximum absolute atomic E-state index is 13.3. The Morgan fingerprint density at radius 3 is 2.63 bits per heavy atom. The molecule has 0 bridgehead atoms. The molecule has 1 aromatic heterocycles. The van der Waals surface area contributed by atoms with Gasteiger partial charge >= 0.3 is 7.52 Å². The van der Waals surface area contributed by atoms with E-state index in [0.29, 0.717) is 19.6 Å². The van der Waals surface area contributed by atoms with Gasteiger partial charge in [0, 0.05) is 18.5 Å². The molecule has 1 saturated heterocycles. The van der Waals surface area contributed by atoms with Crippen LogP contribution in [0.15, 0.2) is 48.5 Å². The summed E-state index contributed by atoms with van der Waals surface area (Å²) in [5, 5.41) is 0.963. The first-order chi connectivity index (χ1) is 13.1. The van der Waals surface area contributed by atoms with Crippen molar-refractivity contribution in [2.75, 3.05) is 13.2 Å². The van der Waals surface area contributed by atoms with Crippen LogP contribution in [0.1, 0.15) is 25.3 Å². The summed E-state index contributed by atoms with van der Waals surface area (Å²) in [4.78, 5) is 16.8. The van der Waals surface area contributed by atoms with Crippen LogP contribution < -0.4 is 0 Å². The maximum Gasteiger partial charge on any atom is 0.302 e. The Hall–Kier alpha value is -2.01. The van der Waals surface area contributed by atoms with Crippen molar-refractivity contribution in [2.24, 2.45) is 0 Å². The third-order valence-electron chi connectivity index (χ3n) is 4.62. The fourth-order valence-corrected chi connectivity index (χ4v) is 6.67. The number of amides is 1. The lowest BCUT2D eigenvalue weighted by Gasteiger charge is -2.27. The van der Waals surface area contributed by atoms with E-state index < -0.39 is 7.52 Å². The van der Waals surface area contributed by atoms with Crippen molar-refractivity contribution in [1.82, 2.24) is 9.65 Å². The number of carbonyl (C=O) groups is 1. The van der Waals surface area contributed by atoms with Gasteiger partial charge in [-0.2, -0.15) is 0 Å². The highest BCUT2D eigenvalue weighted by atomic mass is 32.1. The van der Waals surface area contributed by atoms with Gasteiger partial charge in [0.05, 0.1) is 23.0 Å². The predicted molar refractivity (Wildman–Crippen MR) is 109 cm³/mol. The summed E-state index contributed by atoms with van der Waals surface area (Å²) in [7, 11) is -3.18. The Morgan fingerprint density at radius 1 is 1.19 bits per heavy atom. The van der Waals surface area contributed by atoms with Gasteiger partial charge in [0.15, 0.2) is 0 Å². The van der Waals surface area contributed by atoms with Crippen LogP contribution in [0.25, 0.3) is 20.8 Å². The van der Waals surface area contributed by atoms with E-state index in [0.717, 1.165) is 32.8 Å². The summed E-state index contributed by atoms with van der Waals surface area (Å²) < 4.78 is 21.5. The average Bonchev–Trinajstić information content (AvgIpc) is 3.29. The molecule has 1 amide bonds. The number of benzene rings is 2. The molecule has 7 heteroatoms. The van der Waals surface area contributed by atoms with Crippen LogP contribution in [0.4, 0.5) is 0 Å². The van der Waals surface area contributed by atoms with Crippen molar-refractivity contribution in [1.29, 1.82) is 0 Å². The molecule has 4 rings (SSSR count). The number of hydrogen-bond donors (Lipinski definition) is 0. The third-order valence-corrected chi connectivity index (χ3v) is 8.29. The molecule has 1 fully saturated rings. The Morgan fingerprint density at radius 2 is 1.96 bits per heavy atom. The van der Waals surface area contributed by atoms with Crippen molar-refractivity contribution < 1.29 is 13.9 Å². The van der Waals surface area contributed by atoms with Crippen LogP contribution in [0.3, 0.4) is 0 Å². The Balaban J connectivity index is 1.57. The van der Waals surface area contributed by atoms with E-state index in [4.69, 9.17) is 4.52 Å². The van der Waals surface area contributed by atoms with Crippen LogP contribution in [0.5, 0.6) is 0 Å². The van der Waals surface area contributed by atoms with Gasteiger partial charge in [0.1, 0.15) is 5.01 Å². The summed E-state index contributed by atoms with van der Waals surface area (Å²) >= 11 is 1.65. The fourth-order valence-electron chi connectivity index (χ4n) is 3.34. The summed E-state index contributed by atoms with van der Waals surface area (Å²) in [6.45, 7) is 2.65. The second-order valence-electron chi connectivity index (χ2n) is 6.52. The summed E-state index contributed by atoms with van der Waals surface area (Å²) in [5.41, 5.74) is 2.93. The van der Waals surface area contributed by atoms with Crippen LogP contribution in [-0.2, 0) is 20.0 Å². The van der Waals surface area contributed by atoms with Gasteiger partial charge in [0.2, 0.25) is 5.91 Å². The largest absolute Gasteiger partial charge is 0.313 e. The SMILES string of the molecule is CCOP(=O)(Cc1ccc(-c2nc3ccccc3s2)cc1)N1CCCC1=O. The Bertz CT molecular complexity index is 982. The van der Waals surface area contributed by atoms with Crippen LogP contribution >= 0.6 is 18.9 Å². The zero-order valence-electron chi connectivity index (χ0n) is 15.1. The van der Waals surface area contributed by atoms with Crippen molar-refractivity contribution in [3.8, 4) is 10.6 Å². The standard InChI is InChI=1S/C20H21N2O3PS/c1-2-25-26(24,22-13-5-8-19(22)23)14-15-9-11-16(12-10-15)20-21-17-6-3-4-7-18(17)27-20/h3-4,6-7,9-12H,2,5,8,13-14H2,1H3. The van der Waals surface area contributed by atoms with Gasteiger partial charge < -0.3 is 4.52 Å². The molecule has 2 heterocycles. The molecule has 1 aliphatic heterocycles. The summed E-state index contributed by atoms with van der Waals surface area (Å²) in [6, 6.07) is 16.0. The normalized spacial score (nSPS) is 16.8. The van der Waals surface area contributed by atoms with E-state index in [-0.39, 0.29) is 12.1 Å². The number of para-hydroxylation sites is 1. The Kier molecular flexibility index (Phi) is 5.13. The summed E-state index contributed by atoms with van der Waals surface area (Å²) in [5.74, 6) is -0.0714. The second-order valence-corrected chi connectivity index (χ2v) is 9.88. The van der Waals surface area contributed by atoms with Gasteiger partial charge in [-0.1, -0.05) is 36.4 Å². The van der Waals surface area contributed by atoms with Crippen molar-refractivity contribution in [3.63, 3.8) is 0 Å². The van der Waals surface area contributed by atoms with Crippen LogP contribution in [0.2, 0.25) is 0 Å². The number of hydrogen-bond acceptors (Lipinski definition) is 5. The fraction of sp³-hybridized carbons (Fsp3) is 0.300. The molecule has 0 N–H and O–H groups in total. The monoisotopic (exact) mass is 400 g/mol. The smallest absolute Gasteiger partial charge is 0.302 e. The van der Waals surface area contributed by atoms with Crippen LogP contribution in [-0.4, -0.2) is 28.7 Å². The molecule has 5 nitrogen and oxygen atoms in total. The molecule has 1 atom stereocenters.